The van der Waals surface area contributed by atoms with Gasteiger partial charge in [0.2, 0.25) is 5.91 Å². The van der Waals surface area contributed by atoms with E-state index in [1.807, 2.05) is 36.4 Å². The standard InChI is InChI=1S/C16H18N2O/c17-9-3-4-10-18-16(19)12-13-7-8-14-5-1-2-6-15(14)11-13/h1-8,11H,9-10,12,17H2,(H,18,19)/b4-3+. The quantitative estimate of drug-likeness (QED) is 0.802. The number of carbonyl (C=O) groups excluding carboxylic acids is 1. The minimum Gasteiger partial charge on any atom is -0.352 e. The van der Waals surface area contributed by atoms with Crippen molar-refractivity contribution in [2.45, 2.75) is 6.42 Å². The van der Waals surface area contributed by atoms with Crippen LogP contribution in [-0.2, 0) is 11.2 Å². The molecule has 3 nitrogen and oxygen atoms in total. The van der Waals surface area contributed by atoms with Gasteiger partial charge in [-0.05, 0) is 16.3 Å². The third kappa shape index (κ3) is 3.93. The maximum atomic E-state index is 11.7. The molecule has 0 saturated heterocycles. The van der Waals surface area contributed by atoms with E-state index >= 15 is 0 Å². The molecule has 19 heavy (non-hydrogen) atoms. The van der Waals surface area contributed by atoms with Crippen molar-refractivity contribution in [2.75, 3.05) is 13.1 Å². The van der Waals surface area contributed by atoms with E-state index in [0.717, 1.165) is 10.9 Å². The number of hydrogen-bond acceptors (Lipinski definition) is 2. The summed E-state index contributed by atoms with van der Waals surface area (Å²) in [5.74, 6) is 0.0250. The second-order valence-corrected chi connectivity index (χ2v) is 4.37. The molecule has 3 heteroatoms. The van der Waals surface area contributed by atoms with Gasteiger partial charge in [0.25, 0.3) is 0 Å². The Morgan fingerprint density at radius 2 is 1.89 bits per heavy atom. The first kappa shape index (κ1) is 13.3. The molecule has 1 amide bonds. The van der Waals surface area contributed by atoms with E-state index in [0.29, 0.717) is 19.5 Å². The van der Waals surface area contributed by atoms with E-state index in [2.05, 4.69) is 23.5 Å². The van der Waals surface area contributed by atoms with Crippen LogP contribution >= 0.6 is 0 Å². The van der Waals surface area contributed by atoms with Gasteiger partial charge in [0.15, 0.2) is 0 Å². The van der Waals surface area contributed by atoms with E-state index in [9.17, 15) is 4.79 Å². The number of nitrogens with two attached hydrogens (primary N) is 1. The van der Waals surface area contributed by atoms with Crippen LogP contribution in [0.4, 0.5) is 0 Å². The van der Waals surface area contributed by atoms with Gasteiger partial charge < -0.3 is 11.1 Å². The zero-order chi connectivity index (χ0) is 13.5. The van der Waals surface area contributed by atoms with Gasteiger partial charge in [-0.15, -0.1) is 0 Å². The molecule has 2 rings (SSSR count). The minimum absolute atomic E-state index is 0.0250. The normalized spacial score (nSPS) is 11.0. The average molecular weight is 254 g/mol. The molecule has 2 aromatic carbocycles. The highest BCUT2D eigenvalue weighted by molar-refractivity contribution is 5.85. The van der Waals surface area contributed by atoms with Crippen LogP contribution in [0.15, 0.2) is 54.6 Å². The smallest absolute Gasteiger partial charge is 0.224 e. The zero-order valence-electron chi connectivity index (χ0n) is 10.8. The topological polar surface area (TPSA) is 55.1 Å². The zero-order valence-corrected chi connectivity index (χ0v) is 10.8. The summed E-state index contributed by atoms with van der Waals surface area (Å²) in [7, 11) is 0. The fourth-order valence-corrected chi connectivity index (χ4v) is 1.95. The molecule has 0 aliphatic carbocycles. The lowest BCUT2D eigenvalue weighted by Gasteiger charge is -2.04. The van der Waals surface area contributed by atoms with E-state index in [1.165, 1.54) is 5.39 Å². The van der Waals surface area contributed by atoms with Gasteiger partial charge in [-0.25, -0.2) is 0 Å². The first-order valence-electron chi connectivity index (χ1n) is 6.39. The molecule has 0 bridgehead atoms. The SMILES string of the molecule is NC/C=C/CNC(=O)Cc1ccc2ccccc2c1. The first-order valence-corrected chi connectivity index (χ1v) is 6.39. The lowest BCUT2D eigenvalue weighted by Crippen LogP contribution is -2.25. The van der Waals surface area contributed by atoms with Crippen molar-refractivity contribution in [3.63, 3.8) is 0 Å². The van der Waals surface area contributed by atoms with Gasteiger partial charge in [-0.1, -0.05) is 54.6 Å². The molecular formula is C16H18N2O. The van der Waals surface area contributed by atoms with Gasteiger partial charge in [0.1, 0.15) is 0 Å². The van der Waals surface area contributed by atoms with Crippen molar-refractivity contribution < 1.29 is 4.79 Å². The van der Waals surface area contributed by atoms with Gasteiger partial charge in [0, 0.05) is 13.1 Å². The highest BCUT2D eigenvalue weighted by Crippen LogP contribution is 2.15. The Labute approximate surface area is 113 Å². The number of rotatable bonds is 5. The molecule has 0 unspecified atom stereocenters. The van der Waals surface area contributed by atoms with Crippen LogP contribution in [0.2, 0.25) is 0 Å². The fourth-order valence-electron chi connectivity index (χ4n) is 1.95. The fraction of sp³-hybridized carbons (Fsp3) is 0.188. The van der Waals surface area contributed by atoms with Crippen molar-refractivity contribution in [1.29, 1.82) is 0 Å². The van der Waals surface area contributed by atoms with Crippen molar-refractivity contribution in [3.8, 4) is 0 Å². The monoisotopic (exact) mass is 254 g/mol. The van der Waals surface area contributed by atoms with Crippen molar-refractivity contribution in [2.24, 2.45) is 5.73 Å². The van der Waals surface area contributed by atoms with Gasteiger partial charge >= 0.3 is 0 Å². The number of benzene rings is 2. The van der Waals surface area contributed by atoms with Crippen molar-refractivity contribution >= 4 is 16.7 Å². The summed E-state index contributed by atoms with van der Waals surface area (Å²) >= 11 is 0. The molecule has 0 radical (unpaired) electrons. The minimum atomic E-state index is 0.0250. The second-order valence-electron chi connectivity index (χ2n) is 4.37. The van der Waals surface area contributed by atoms with Crippen LogP contribution < -0.4 is 11.1 Å². The number of nitrogens with one attached hydrogen (secondary N) is 1. The van der Waals surface area contributed by atoms with Crippen LogP contribution in [0.3, 0.4) is 0 Å². The molecular weight excluding hydrogens is 236 g/mol. The molecule has 0 atom stereocenters. The Kier molecular flexibility index (Phi) is 4.70. The number of hydrogen-bond donors (Lipinski definition) is 2. The highest BCUT2D eigenvalue weighted by Gasteiger charge is 2.02. The van der Waals surface area contributed by atoms with E-state index < -0.39 is 0 Å². The second kappa shape index (κ2) is 6.71. The van der Waals surface area contributed by atoms with E-state index in [-0.39, 0.29) is 5.91 Å². The Hall–Kier alpha value is -2.13. The molecule has 0 aromatic heterocycles. The van der Waals surface area contributed by atoms with Crippen LogP contribution in [0, 0.1) is 0 Å². The molecule has 98 valence electrons. The molecule has 0 spiro atoms. The first-order chi connectivity index (χ1) is 9.29. The third-order valence-corrected chi connectivity index (χ3v) is 2.90. The molecule has 2 aromatic rings. The predicted octanol–water partition coefficient (Wildman–Crippen LogP) is 2.01. The summed E-state index contributed by atoms with van der Waals surface area (Å²) in [6.07, 6.45) is 4.09. The largest absolute Gasteiger partial charge is 0.352 e. The van der Waals surface area contributed by atoms with Crippen molar-refractivity contribution in [3.05, 3.63) is 60.2 Å². The van der Waals surface area contributed by atoms with E-state index in [1.54, 1.807) is 0 Å². The molecule has 3 N–H and O–H groups in total. The molecule has 0 aliphatic heterocycles. The lowest BCUT2D eigenvalue weighted by atomic mass is 10.1. The Morgan fingerprint density at radius 1 is 1.11 bits per heavy atom. The molecule has 0 heterocycles. The van der Waals surface area contributed by atoms with Gasteiger partial charge in [0.05, 0.1) is 6.42 Å². The number of carbonyl (C=O) groups is 1. The Morgan fingerprint density at radius 3 is 2.68 bits per heavy atom. The average Bonchev–Trinajstić information content (AvgIpc) is 2.43. The molecule has 0 saturated carbocycles. The predicted molar refractivity (Wildman–Crippen MR) is 78.9 cm³/mol. The lowest BCUT2D eigenvalue weighted by molar-refractivity contribution is -0.120. The molecule has 0 aliphatic rings. The number of fused-ring (bicyclic) bond motifs is 1. The van der Waals surface area contributed by atoms with Crippen molar-refractivity contribution in [1.82, 2.24) is 5.32 Å². The van der Waals surface area contributed by atoms with Crippen LogP contribution in [0.25, 0.3) is 10.8 Å². The van der Waals surface area contributed by atoms with Crippen LogP contribution in [-0.4, -0.2) is 19.0 Å². The van der Waals surface area contributed by atoms with Crippen LogP contribution in [0.1, 0.15) is 5.56 Å². The van der Waals surface area contributed by atoms with E-state index in [4.69, 9.17) is 5.73 Å². The maximum absolute atomic E-state index is 11.7. The summed E-state index contributed by atoms with van der Waals surface area (Å²) < 4.78 is 0. The summed E-state index contributed by atoms with van der Waals surface area (Å²) in [5.41, 5.74) is 6.35. The summed E-state index contributed by atoms with van der Waals surface area (Å²) in [6.45, 7) is 1.03. The molecule has 0 fully saturated rings. The third-order valence-electron chi connectivity index (χ3n) is 2.90. The van der Waals surface area contributed by atoms with Gasteiger partial charge in [-0.2, -0.15) is 0 Å². The summed E-state index contributed by atoms with van der Waals surface area (Å²) in [6, 6.07) is 14.2. The van der Waals surface area contributed by atoms with Gasteiger partial charge in [-0.3, -0.25) is 4.79 Å². The highest BCUT2D eigenvalue weighted by atomic mass is 16.1. The van der Waals surface area contributed by atoms with Crippen LogP contribution in [0.5, 0.6) is 0 Å². The summed E-state index contributed by atoms with van der Waals surface area (Å²) in [5, 5.41) is 5.19. The Balaban J connectivity index is 1.97. The Bertz CT molecular complexity index is 590. The summed E-state index contributed by atoms with van der Waals surface area (Å²) in [4.78, 5) is 11.7. The maximum Gasteiger partial charge on any atom is 0.224 e. The number of amides is 1.